The molecule has 28 heavy (non-hydrogen) atoms. The smallest absolute Gasteiger partial charge is 0.302 e. The molecule has 158 valence electrons. The van der Waals surface area contributed by atoms with Crippen LogP contribution in [0.15, 0.2) is 0 Å². The van der Waals surface area contributed by atoms with Crippen LogP contribution < -0.4 is 0 Å². The van der Waals surface area contributed by atoms with E-state index < -0.39 is 10.4 Å². The zero-order valence-corrected chi connectivity index (χ0v) is 19.3. The number of hydrogen-bond acceptors (Lipinski definition) is 4. The Morgan fingerprint density at radius 3 is 2.39 bits per heavy atom. The SMILES string of the molecule is CC(=O)O[C@H]1CC[C@]2(C)[C@H]3CC[C@]4(C)[C@@H](C(C)=O)CC[C@H]4[C@@H]3C[C@@H](O)[C@@]2(Br)C1. The van der Waals surface area contributed by atoms with Crippen LogP contribution in [0.1, 0.15) is 79.1 Å². The van der Waals surface area contributed by atoms with Crippen molar-refractivity contribution in [2.75, 3.05) is 0 Å². The lowest BCUT2D eigenvalue weighted by molar-refractivity contribution is -0.170. The number of hydrogen-bond donors (Lipinski definition) is 1. The van der Waals surface area contributed by atoms with Crippen molar-refractivity contribution in [2.24, 2.45) is 34.5 Å². The monoisotopic (exact) mass is 454 g/mol. The molecule has 0 radical (unpaired) electrons. The summed E-state index contributed by atoms with van der Waals surface area (Å²) in [7, 11) is 0. The fourth-order valence-corrected chi connectivity index (χ4v) is 9.24. The zero-order chi connectivity index (χ0) is 20.5. The Kier molecular flexibility index (Phi) is 5.06. The maximum absolute atomic E-state index is 12.3. The molecule has 4 aliphatic rings. The topological polar surface area (TPSA) is 63.6 Å². The number of rotatable bonds is 2. The summed E-state index contributed by atoms with van der Waals surface area (Å²) in [6.07, 6.45) is 7.15. The van der Waals surface area contributed by atoms with Gasteiger partial charge in [-0.1, -0.05) is 29.8 Å². The second-order valence-corrected chi connectivity index (χ2v) is 12.1. The second kappa shape index (κ2) is 6.80. The molecule has 4 saturated carbocycles. The fraction of sp³-hybridized carbons (Fsp3) is 0.913. The number of alkyl halides is 1. The van der Waals surface area contributed by atoms with Crippen LogP contribution in [0.5, 0.6) is 0 Å². The molecule has 0 saturated heterocycles. The van der Waals surface area contributed by atoms with Crippen LogP contribution in [0, 0.1) is 34.5 Å². The van der Waals surface area contributed by atoms with Gasteiger partial charge >= 0.3 is 5.97 Å². The zero-order valence-electron chi connectivity index (χ0n) is 17.7. The largest absolute Gasteiger partial charge is 0.463 e. The van der Waals surface area contributed by atoms with Crippen molar-refractivity contribution in [2.45, 2.75) is 95.6 Å². The van der Waals surface area contributed by atoms with Crippen LogP contribution >= 0.6 is 15.9 Å². The average Bonchev–Trinajstić information content (AvgIpc) is 2.95. The van der Waals surface area contributed by atoms with Crippen molar-refractivity contribution < 1.29 is 19.4 Å². The van der Waals surface area contributed by atoms with Crippen LogP contribution in [0.3, 0.4) is 0 Å². The fourth-order valence-electron chi connectivity index (χ4n) is 8.20. The lowest BCUT2D eigenvalue weighted by atomic mass is 9.44. The molecule has 4 rings (SSSR count). The van der Waals surface area contributed by atoms with E-state index in [1.54, 1.807) is 6.92 Å². The van der Waals surface area contributed by atoms with Crippen molar-refractivity contribution in [1.82, 2.24) is 0 Å². The van der Waals surface area contributed by atoms with E-state index in [1.165, 1.54) is 6.92 Å². The first-order valence-electron chi connectivity index (χ1n) is 11.1. The number of carbonyl (C=O) groups excluding carboxylic acids is 2. The Balaban J connectivity index is 1.63. The number of Topliss-reactive ketones (excluding diaryl/α,β-unsaturated/α-hetero) is 1. The quantitative estimate of drug-likeness (QED) is 0.486. The van der Waals surface area contributed by atoms with Gasteiger partial charge in [0, 0.05) is 19.3 Å². The standard InChI is InChI=1S/C23H35BrO4/c1-13(25)17-5-6-18-16-11-20(27)23(24)12-15(28-14(2)26)7-10-22(23,4)19(16)8-9-21(17,18)3/h15-20,27H,5-12H2,1-4H3/t15-,16-,17+,18-,19-,20+,21+,22+,23-/m0/s1. The van der Waals surface area contributed by atoms with E-state index in [9.17, 15) is 14.7 Å². The summed E-state index contributed by atoms with van der Waals surface area (Å²) in [6.45, 7) is 7.93. The molecule has 4 aliphatic carbocycles. The third-order valence-corrected chi connectivity index (χ3v) is 11.3. The van der Waals surface area contributed by atoms with Gasteiger partial charge in [-0.15, -0.1) is 0 Å². The molecule has 1 N–H and O–H groups in total. The molecule has 0 aromatic carbocycles. The number of aliphatic hydroxyl groups excluding tert-OH is 1. The highest BCUT2D eigenvalue weighted by molar-refractivity contribution is 9.10. The third kappa shape index (κ3) is 2.78. The van der Waals surface area contributed by atoms with Gasteiger partial charge in [-0.05, 0) is 80.5 Å². The lowest BCUT2D eigenvalue weighted by Crippen LogP contribution is -2.66. The Morgan fingerprint density at radius 1 is 1.04 bits per heavy atom. The minimum Gasteiger partial charge on any atom is -0.463 e. The Morgan fingerprint density at radius 2 is 1.75 bits per heavy atom. The molecule has 4 fully saturated rings. The highest BCUT2D eigenvalue weighted by Crippen LogP contribution is 2.70. The summed E-state index contributed by atoms with van der Waals surface area (Å²) in [5.74, 6) is 1.88. The van der Waals surface area contributed by atoms with Crippen LogP contribution in [0.2, 0.25) is 0 Å². The van der Waals surface area contributed by atoms with E-state index >= 15 is 0 Å². The maximum Gasteiger partial charge on any atom is 0.302 e. The Bertz CT molecular complexity index is 680. The summed E-state index contributed by atoms with van der Waals surface area (Å²) >= 11 is 4.01. The number of esters is 1. The molecular weight excluding hydrogens is 420 g/mol. The molecule has 0 heterocycles. The summed E-state index contributed by atoms with van der Waals surface area (Å²) in [5.41, 5.74) is 0.0892. The van der Waals surface area contributed by atoms with Gasteiger partial charge in [0.1, 0.15) is 11.9 Å². The Hall–Kier alpha value is -0.420. The molecule has 9 atom stereocenters. The summed E-state index contributed by atoms with van der Waals surface area (Å²) in [6, 6.07) is 0. The molecule has 0 amide bonds. The first-order chi connectivity index (χ1) is 13.0. The minimum atomic E-state index is -0.448. The van der Waals surface area contributed by atoms with E-state index in [1.807, 2.05) is 0 Å². The maximum atomic E-state index is 12.3. The molecule has 0 aromatic rings. The molecule has 0 aliphatic heterocycles. The predicted octanol–water partition coefficient (Wildman–Crippen LogP) is 4.65. The number of halogens is 1. The summed E-state index contributed by atoms with van der Waals surface area (Å²) in [5, 5.41) is 11.3. The van der Waals surface area contributed by atoms with Crippen LogP contribution in [-0.2, 0) is 14.3 Å². The van der Waals surface area contributed by atoms with E-state index in [-0.39, 0.29) is 28.8 Å². The van der Waals surface area contributed by atoms with E-state index in [0.717, 1.165) is 44.9 Å². The molecule has 0 aromatic heterocycles. The van der Waals surface area contributed by atoms with Gasteiger partial charge in [0.2, 0.25) is 0 Å². The first kappa shape index (κ1) is 20.8. The van der Waals surface area contributed by atoms with E-state index in [0.29, 0.717) is 30.0 Å². The number of aliphatic hydroxyl groups is 1. The average molecular weight is 455 g/mol. The normalized spacial score (nSPS) is 52.9. The van der Waals surface area contributed by atoms with E-state index in [4.69, 9.17) is 4.74 Å². The van der Waals surface area contributed by atoms with Crippen LogP contribution in [0.4, 0.5) is 0 Å². The van der Waals surface area contributed by atoms with Crippen molar-refractivity contribution in [3.63, 3.8) is 0 Å². The summed E-state index contributed by atoms with van der Waals surface area (Å²) in [4.78, 5) is 23.8. The van der Waals surface area contributed by atoms with Gasteiger partial charge < -0.3 is 9.84 Å². The number of fused-ring (bicyclic) bond motifs is 5. The number of ether oxygens (including phenoxy) is 1. The van der Waals surface area contributed by atoms with Crippen molar-refractivity contribution in [3.05, 3.63) is 0 Å². The van der Waals surface area contributed by atoms with Crippen molar-refractivity contribution >= 4 is 27.7 Å². The Labute approximate surface area is 177 Å². The first-order valence-corrected chi connectivity index (χ1v) is 11.9. The predicted molar refractivity (Wildman–Crippen MR) is 111 cm³/mol. The highest BCUT2D eigenvalue weighted by atomic mass is 79.9. The van der Waals surface area contributed by atoms with Crippen LogP contribution in [0.25, 0.3) is 0 Å². The molecular formula is C23H35BrO4. The third-order valence-electron chi connectivity index (χ3n) is 9.56. The van der Waals surface area contributed by atoms with Gasteiger partial charge in [-0.3, -0.25) is 9.59 Å². The lowest BCUT2D eigenvalue weighted by Gasteiger charge is -2.65. The number of carbonyl (C=O) groups is 2. The van der Waals surface area contributed by atoms with Crippen LogP contribution in [-0.4, -0.2) is 33.4 Å². The van der Waals surface area contributed by atoms with E-state index in [2.05, 4.69) is 29.8 Å². The van der Waals surface area contributed by atoms with Gasteiger partial charge in [-0.2, -0.15) is 0 Å². The van der Waals surface area contributed by atoms with Gasteiger partial charge in [0.25, 0.3) is 0 Å². The van der Waals surface area contributed by atoms with Gasteiger partial charge in [-0.25, -0.2) is 0 Å². The number of ketones is 1. The van der Waals surface area contributed by atoms with Crippen molar-refractivity contribution in [1.29, 1.82) is 0 Å². The molecule has 0 bridgehead atoms. The molecule has 5 heteroatoms. The van der Waals surface area contributed by atoms with Crippen molar-refractivity contribution in [3.8, 4) is 0 Å². The second-order valence-electron chi connectivity index (χ2n) is 10.7. The molecule has 0 spiro atoms. The highest BCUT2D eigenvalue weighted by Gasteiger charge is 2.67. The van der Waals surface area contributed by atoms with Gasteiger partial charge in [0.05, 0.1) is 10.4 Å². The van der Waals surface area contributed by atoms with Gasteiger partial charge in [0.15, 0.2) is 0 Å². The minimum absolute atomic E-state index is 0.0123. The molecule has 0 unspecified atom stereocenters. The molecule has 4 nitrogen and oxygen atoms in total. The summed E-state index contributed by atoms with van der Waals surface area (Å²) < 4.78 is 5.15.